The zero-order valence-corrected chi connectivity index (χ0v) is 18.1. The van der Waals surface area contributed by atoms with Gasteiger partial charge < -0.3 is 16.2 Å². The average molecular weight is 464 g/mol. The highest BCUT2D eigenvalue weighted by molar-refractivity contribution is 8.93. The van der Waals surface area contributed by atoms with Gasteiger partial charge in [-0.3, -0.25) is 4.84 Å². The minimum absolute atomic E-state index is 0. The summed E-state index contributed by atoms with van der Waals surface area (Å²) in [5.41, 5.74) is 10.7. The fourth-order valence-corrected chi connectivity index (χ4v) is 3.43. The normalized spacial score (nSPS) is 16.2. The molecule has 9 nitrogen and oxygen atoms in total. The monoisotopic (exact) mass is 463 g/mol. The Labute approximate surface area is 170 Å². The predicted molar refractivity (Wildman–Crippen MR) is 110 cm³/mol. The Bertz CT molecular complexity index is 811. The first-order valence-corrected chi connectivity index (χ1v) is 9.90. The van der Waals surface area contributed by atoms with Crippen molar-refractivity contribution in [2.45, 2.75) is 37.8 Å². The number of aliphatic imine (C=N–C) groups is 2. The molecule has 1 aromatic rings. The van der Waals surface area contributed by atoms with Gasteiger partial charge in [0.25, 0.3) is 0 Å². The highest BCUT2D eigenvalue weighted by Gasteiger charge is 2.32. The SMILES string of the molecule is Br.CCS(=O)(=O)c1ccccc1OCCCON1C(N)=NC(N)=NC1(C)C. The maximum Gasteiger partial charge on any atom is 0.226 e. The first-order chi connectivity index (χ1) is 12.2. The van der Waals surface area contributed by atoms with Crippen LogP contribution in [0.3, 0.4) is 0 Å². The van der Waals surface area contributed by atoms with E-state index in [4.69, 9.17) is 21.0 Å². The second kappa shape index (κ2) is 9.38. The Kier molecular flexibility index (Phi) is 8.05. The van der Waals surface area contributed by atoms with Crippen molar-refractivity contribution in [2.75, 3.05) is 19.0 Å². The topological polar surface area (TPSA) is 133 Å². The zero-order valence-electron chi connectivity index (χ0n) is 15.6. The number of nitrogens with zero attached hydrogens (tertiary/aromatic N) is 3. The maximum atomic E-state index is 12.1. The second-order valence-corrected chi connectivity index (χ2v) is 8.36. The molecule has 0 spiro atoms. The lowest BCUT2D eigenvalue weighted by atomic mass is 10.2. The van der Waals surface area contributed by atoms with E-state index >= 15 is 0 Å². The quantitative estimate of drug-likeness (QED) is 0.557. The fourth-order valence-electron chi connectivity index (χ4n) is 2.40. The lowest BCUT2D eigenvalue weighted by Crippen LogP contribution is -2.53. The number of nitrogens with two attached hydrogens (primary N) is 2. The van der Waals surface area contributed by atoms with Crippen molar-refractivity contribution < 1.29 is 18.0 Å². The molecule has 1 aliphatic heterocycles. The molecule has 0 amide bonds. The lowest BCUT2D eigenvalue weighted by molar-refractivity contribution is -0.158. The zero-order chi connectivity index (χ0) is 19.4. The van der Waals surface area contributed by atoms with Crippen molar-refractivity contribution in [3.63, 3.8) is 0 Å². The van der Waals surface area contributed by atoms with E-state index in [2.05, 4.69) is 9.98 Å². The molecule has 0 atom stereocenters. The number of hydroxylamine groups is 2. The number of rotatable bonds is 8. The number of sulfone groups is 1. The van der Waals surface area contributed by atoms with Gasteiger partial charge in [-0.05, 0) is 26.0 Å². The molecule has 0 bridgehead atoms. The van der Waals surface area contributed by atoms with Crippen LogP contribution in [-0.2, 0) is 14.7 Å². The van der Waals surface area contributed by atoms with Crippen molar-refractivity contribution in [1.29, 1.82) is 0 Å². The average Bonchev–Trinajstić information content (AvgIpc) is 2.56. The van der Waals surface area contributed by atoms with E-state index in [0.717, 1.165) is 0 Å². The fraction of sp³-hybridized carbons (Fsp3) is 0.500. The summed E-state index contributed by atoms with van der Waals surface area (Å²) in [4.78, 5) is 13.9. The first kappa shape index (κ1) is 23.2. The summed E-state index contributed by atoms with van der Waals surface area (Å²) in [6.07, 6.45) is 0.513. The molecule has 11 heteroatoms. The van der Waals surface area contributed by atoms with E-state index in [0.29, 0.717) is 12.2 Å². The summed E-state index contributed by atoms with van der Waals surface area (Å²) in [6.45, 7) is 5.76. The summed E-state index contributed by atoms with van der Waals surface area (Å²) in [5, 5.41) is 1.39. The van der Waals surface area contributed by atoms with Gasteiger partial charge in [0.2, 0.25) is 11.9 Å². The number of halogens is 1. The second-order valence-electron chi connectivity index (χ2n) is 6.11. The standard InChI is InChI=1S/C16H25N5O4S.BrH/c1-4-26(22,23)13-9-6-5-8-12(13)24-10-7-11-25-21-15(18)19-14(17)20-16(21,2)3;/h5-6,8-9H,4,7,10-11H2,1-3H3,(H4,17,18,19,20);1H. The van der Waals surface area contributed by atoms with Gasteiger partial charge in [0, 0.05) is 6.42 Å². The Morgan fingerprint density at radius 3 is 2.48 bits per heavy atom. The van der Waals surface area contributed by atoms with Crippen LogP contribution >= 0.6 is 17.0 Å². The molecule has 1 aliphatic rings. The van der Waals surface area contributed by atoms with Gasteiger partial charge >= 0.3 is 0 Å². The van der Waals surface area contributed by atoms with Crippen molar-refractivity contribution in [1.82, 2.24) is 5.06 Å². The van der Waals surface area contributed by atoms with Gasteiger partial charge in [0.1, 0.15) is 10.6 Å². The first-order valence-electron chi connectivity index (χ1n) is 8.24. The van der Waals surface area contributed by atoms with Crippen LogP contribution in [0.2, 0.25) is 0 Å². The van der Waals surface area contributed by atoms with E-state index in [-0.39, 0.29) is 52.8 Å². The minimum atomic E-state index is -3.34. The van der Waals surface area contributed by atoms with Gasteiger partial charge in [0.15, 0.2) is 15.5 Å². The number of benzene rings is 1. The van der Waals surface area contributed by atoms with E-state index in [9.17, 15) is 8.42 Å². The van der Waals surface area contributed by atoms with Crippen molar-refractivity contribution in [3.05, 3.63) is 24.3 Å². The van der Waals surface area contributed by atoms with Gasteiger partial charge in [-0.15, -0.1) is 17.0 Å². The Hall–Kier alpha value is -1.85. The summed E-state index contributed by atoms with van der Waals surface area (Å²) >= 11 is 0. The summed E-state index contributed by atoms with van der Waals surface area (Å²) in [6, 6.07) is 6.58. The van der Waals surface area contributed by atoms with Crippen molar-refractivity contribution in [2.24, 2.45) is 21.5 Å². The third-order valence-corrected chi connectivity index (χ3v) is 5.42. The number of guanidine groups is 2. The number of ether oxygens (including phenoxy) is 1. The molecule has 1 heterocycles. The van der Waals surface area contributed by atoms with Gasteiger partial charge in [-0.25, -0.2) is 13.4 Å². The molecular formula is C16H26BrN5O4S. The molecule has 0 saturated heterocycles. The summed E-state index contributed by atoms with van der Waals surface area (Å²) in [7, 11) is -3.34. The molecule has 0 aliphatic carbocycles. The Morgan fingerprint density at radius 2 is 1.85 bits per heavy atom. The van der Waals surface area contributed by atoms with Crippen molar-refractivity contribution >= 4 is 38.7 Å². The highest BCUT2D eigenvalue weighted by atomic mass is 79.9. The third-order valence-electron chi connectivity index (χ3n) is 3.65. The van der Waals surface area contributed by atoms with Crippen molar-refractivity contribution in [3.8, 4) is 5.75 Å². The summed E-state index contributed by atoms with van der Waals surface area (Å²) in [5.74, 6) is 0.585. The number of para-hydroxylation sites is 1. The van der Waals surface area contributed by atoms with Crippen LogP contribution in [0.1, 0.15) is 27.2 Å². The van der Waals surface area contributed by atoms with Crippen LogP contribution in [0.15, 0.2) is 39.1 Å². The van der Waals surface area contributed by atoms with Crippen LogP contribution < -0.4 is 16.2 Å². The lowest BCUT2D eigenvalue weighted by Gasteiger charge is -2.36. The molecular weight excluding hydrogens is 438 g/mol. The van der Waals surface area contributed by atoms with E-state index < -0.39 is 15.5 Å². The molecule has 0 fully saturated rings. The van der Waals surface area contributed by atoms with E-state index in [1.807, 2.05) is 0 Å². The molecule has 0 aromatic heterocycles. The van der Waals surface area contributed by atoms with Gasteiger partial charge in [-0.2, -0.15) is 10.1 Å². The van der Waals surface area contributed by atoms with Crippen LogP contribution in [-0.4, -0.2) is 50.0 Å². The molecule has 0 unspecified atom stereocenters. The third kappa shape index (κ3) is 5.81. The number of hydrogen-bond acceptors (Lipinski definition) is 9. The van der Waals surface area contributed by atoms with E-state index in [1.54, 1.807) is 45.0 Å². The molecule has 1 aromatic carbocycles. The van der Waals surface area contributed by atoms with E-state index in [1.165, 1.54) is 5.06 Å². The van der Waals surface area contributed by atoms with Gasteiger partial charge in [-0.1, -0.05) is 19.1 Å². The number of hydrogen-bond donors (Lipinski definition) is 2. The molecule has 2 rings (SSSR count). The van der Waals surface area contributed by atoms with Crippen LogP contribution in [0.25, 0.3) is 0 Å². The minimum Gasteiger partial charge on any atom is -0.492 e. The van der Waals surface area contributed by atoms with Crippen LogP contribution in [0, 0.1) is 0 Å². The molecule has 0 radical (unpaired) electrons. The molecule has 4 N–H and O–H groups in total. The Morgan fingerprint density at radius 1 is 1.19 bits per heavy atom. The molecule has 152 valence electrons. The summed E-state index contributed by atoms with van der Waals surface area (Å²) < 4.78 is 29.8. The highest BCUT2D eigenvalue weighted by Crippen LogP contribution is 2.24. The largest absolute Gasteiger partial charge is 0.492 e. The Balaban J connectivity index is 0.00000364. The molecule has 0 saturated carbocycles. The van der Waals surface area contributed by atoms with Gasteiger partial charge in [0.05, 0.1) is 19.0 Å². The van der Waals surface area contributed by atoms with Crippen LogP contribution in [0.4, 0.5) is 0 Å². The predicted octanol–water partition coefficient (Wildman–Crippen LogP) is 1.44. The maximum absolute atomic E-state index is 12.1. The smallest absolute Gasteiger partial charge is 0.226 e. The van der Waals surface area contributed by atoms with Crippen LogP contribution in [0.5, 0.6) is 5.75 Å². The molecule has 27 heavy (non-hydrogen) atoms.